The van der Waals surface area contributed by atoms with E-state index in [1.165, 1.54) is 11.8 Å². The topological polar surface area (TPSA) is 67.8 Å². The molecule has 0 aliphatic heterocycles. The molecule has 1 N–H and O–H groups in total. The fourth-order valence-corrected chi connectivity index (χ4v) is 2.32. The van der Waals surface area contributed by atoms with Crippen LogP contribution in [0.15, 0.2) is 48.1 Å². The third-order valence-corrected chi connectivity index (χ3v) is 3.44. The lowest BCUT2D eigenvalue weighted by Crippen LogP contribution is -2.25. The average molecular weight is 288 g/mol. The van der Waals surface area contributed by atoms with Gasteiger partial charge in [-0.15, -0.1) is 0 Å². The third kappa shape index (κ3) is 5.36. The van der Waals surface area contributed by atoms with Crippen molar-refractivity contribution in [3.05, 3.63) is 48.5 Å². The van der Waals surface area contributed by atoms with Crippen LogP contribution in [-0.2, 0) is 11.2 Å². The van der Waals surface area contributed by atoms with Crippen molar-refractivity contribution < 1.29 is 4.79 Å². The zero-order chi connectivity index (χ0) is 14.0. The van der Waals surface area contributed by atoms with Gasteiger partial charge in [0.25, 0.3) is 0 Å². The monoisotopic (exact) mass is 288 g/mol. The highest BCUT2D eigenvalue weighted by molar-refractivity contribution is 7.99. The van der Waals surface area contributed by atoms with E-state index < -0.39 is 0 Å². The van der Waals surface area contributed by atoms with Crippen LogP contribution in [-0.4, -0.2) is 33.2 Å². The summed E-state index contributed by atoms with van der Waals surface area (Å²) in [6.45, 7) is 0.636. The smallest absolute Gasteiger partial charge is 0.220 e. The first-order chi connectivity index (χ1) is 9.84. The van der Waals surface area contributed by atoms with Crippen molar-refractivity contribution in [1.29, 1.82) is 0 Å². The Morgan fingerprint density at radius 3 is 2.80 bits per heavy atom. The largest absolute Gasteiger partial charge is 0.356 e. The van der Waals surface area contributed by atoms with Gasteiger partial charge in [-0.25, -0.2) is 9.97 Å². The van der Waals surface area contributed by atoms with Crippen molar-refractivity contribution in [2.24, 2.45) is 0 Å². The zero-order valence-corrected chi connectivity index (χ0v) is 11.8. The minimum absolute atomic E-state index is 0.0531. The molecule has 0 atom stereocenters. The standard InChI is InChI=1S/C14H16N4OS/c19-13(5-10-20-14-17-7-2-8-18-14)16-9-4-12-3-1-6-15-11-12/h1-3,6-8,11H,4-5,9-10H2,(H,16,19). The molecule has 0 aliphatic carbocycles. The van der Waals surface area contributed by atoms with Crippen molar-refractivity contribution in [1.82, 2.24) is 20.3 Å². The molecule has 5 nitrogen and oxygen atoms in total. The fraction of sp³-hybridized carbons (Fsp3) is 0.286. The molecule has 104 valence electrons. The molecule has 1 amide bonds. The lowest BCUT2D eigenvalue weighted by Gasteiger charge is -2.04. The SMILES string of the molecule is O=C(CCSc1ncccn1)NCCc1cccnc1. The Hall–Kier alpha value is -1.95. The predicted molar refractivity (Wildman–Crippen MR) is 78.3 cm³/mol. The minimum Gasteiger partial charge on any atom is -0.356 e. The maximum atomic E-state index is 11.6. The van der Waals surface area contributed by atoms with Crippen LogP contribution in [0, 0.1) is 0 Å². The quantitative estimate of drug-likeness (QED) is 0.620. The van der Waals surface area contributed by atoms with E-state index in [1.54, 1.807) is 24.7 Å². The molecule has 0 saturated carbocycles. The minimum atomic E-state index is 0.0531. The number of amides is 1. The van der Waals surface area contributed by atoms with Gasteiger partial charge in [-0.2, -0.15) is 0 Å². The Kier molecular flexibility index (Phi) is 5.98. The van der Waals surface area contributed by atoms with Gasteiger partial charge in [-0.05, 0) is 24.1 Å². The zero-order valence-electron chi connectivity index (χ0n) is 11.0. The maximum absolute atomic E-state index is 11.6. The van der Waals surface area contributed by atoms with Gasteiger partial charge in [0.05, 0.1) is 0 Å². The van der Waals surface area contributed by atoms with Crippen LogP contribution in [0.5, 0.6) is 0 Å². The number of thioether (sulfide) groups is 1. The van der Waals surface area contributed by atoms with Gasteiger partial charge in [0, 0.05) is 43.5 Å². The van der Waals surface area contributed by atoms with Crippen molar-refractivity contribution >= 4 is 17.7 Å². The van der Waals surface area contributed by atoms with E-state index in [0.717, 1.165) is 12.0 Å². The molecule has 0 spiro atoms. The van der Waals surface area contributed by atoms with E-state index >= 15 is 0 Å². The summed E-state index contributed by atoms with van der Waals surface area (Å²) in [5.74, 6) is 0.736. The van der Waals surface area contributed by atoms with E-state index in [2.05, 4.69) is 20.3 Å². The van der Waals surface area contributed by atoms with Crippen LogP contribution in [0.25, 0.3) is 0 Å². The summed E-state index contributed by atoms with van der Waals surface area (Å²) in [7, 11) is 0. The van der Waals surface area contributed by atoms with E-state index in [0.29, 0.717) is 23.9 Å². The Labute approximate surface area is 122 Å². The van der Waals surface area contributed by atoms with Gasteiger partial charge in [0.2, 0.25) is 5.91 Å². The van der Waals surface area contributed by atoms with Crippen LogP contribution in [0.4, 0.5) is 0 Å². The molecular formula is C14H16N4OS. The van der Waals surface area contributed by atoms with E-state index in [9.17, 15) is 4.79 Å². The molecule has 0 saturated heterocycles. The Balaban J connectivity index is 1.59. The Bertz CT molecular complexity index is 474. The Morgan fingerprint density at radius 2 is 2.05 bits per heavy atom. The van der Waals surface area contributed by atoms with Crippen LogP contribution < -0.4 is 5.32 Å². The number of carbonyl (C=O) groups excluding carboxylic acids is 1. The summed E-state index contributed by atoms with van der Waals surface area (Å²) in [5, 5.41) is 3.60. The molecule has 2 aromatic heterocycles. The molecule has 2 aromatic rings. The number of rotatable bonds is 7. The van der Waals surface area contributed by atoms with Gasteiger partial charge >= 0.3 is 0 Å². The summed E-state index contributed by atoms with van der Waals surface area (Å²) < 4.78 is 0. The number of nitrogens with zero attached hydrogens (tertiary/aromatic N) is 3. The highest BCUT2D eigenvalue weighted by Gasteiger charge is 2.02. The lowest BCUT2D eigenvalue weighted by atomic mass is 10.2. The normalized spacial score (nSPS) is 10.2. The molecule has 2 heterocycles. The van der Waals surface area contributed by atoms with Crippen molar-refractivity contribution in [2.45, 2.75) is 18.0 Å². The third-order valence-electron chi connectivity index (χ3n) is 2.56. The van der Waals surface area contributed by atoms with Crippen LogP contribution in [0.3, 0.4) is 0 Å². The first-order valence-electron chi connectivity index (χ1n) is 6.40. The molecule has 0 radical (unpaired) electrons. The van der Waals surface area contributed by atoms with Gasteiger partial charge in [-0.1, -0.05) is 17.8 Å². The average Bonchev–Trinajstić information content (AvgIpc) is 2.49. The lowest BCUT2D eigenvalue weighted by molar-refractivity contribution is -0.120. The Morgan fingerprint density at radius 1 is 1.20 bits per heavy atom. The molecule has 0 aliphatic rings. The summed E-state index contributed by atoms with van der Waals surface area (Å²) in [4.78, 5) is 23.9. The molecule has 0 unspecified atom stereocenters. The maximum Gasteiger partial charge on any atom is 0.220 e. The number of pyridine rings is 1. The van der Waals surface area contributed by atoms with E-state index in [-0.39, 0.29) is 5.91 Å². The number of hydrogen-bond donors (Lipinski definition) is 1. The summed E-state index contributed by atoms with van der Waals surface area (Å²) in [5.41, 5.74) is 1.12. The number of carbonyl (C=O) groups is 1. The van der Waals surface area contributed by atoms with Gasteiger partial charge < -0.3 is 5.32 Å². The molecule has 6 heteroatoms. The second kappa shape index (κ2) is 8.27. The molecule has 2 rings (SSSR count). The highest BCUT2D eigenvalue weighted by atomic mass is 32.2. The van der Waals surface area contributed by atoms with Gasteiger partial charge in [-0.3, -0.25) is 9.78 Å². The number of hydrogen-bond acceptors (Lipinski definition) is 5. The molecule has 20 heavy (non-hydrogen) atoms. The fourth-order valence-electron chi connectivity index (χ4n) is 1.58. The van der Waals surface area contributed by atoms with Gasteiger partial charge in [0.15, 0.2) is 5.16 Å². The molecular weight excluding hydrogens is 272 g/mol. The summed E-state index contributed by atoms with van der Waals surface area (Å²) in [6.07, 6.45) is 8.22. The van der Waals surface area contributed by atoms with Crippen LogP contribution in [0.1, 0.15) is 12.0 Å². The van der Waals surface area contributed by atoms with Crippen molar-refractivity contribution in [3.8, 4) is 0 Å². The molecule has 0 bridgehead atoms. The van der Waals surface area contributed by atoms with E-state index in [1.807, 2.05) is 18.3 Å². The first kappa shape index (κ1) is 14.5. The van der Waals surface area contributed by atoms with E-state index in [4.69, 9.17) is 0 Å². The summed E-state index contributed by atoms with van der Waals surface area (Å²) in [6, 6.07) is 5.67. The molecule has 0 aromatic carbocycles. The van der Waals surface area contributed by atoms with Crippen molar-refractivity contribution in [2.75, 3.05) is 12.3 Å². The van der Waals surface area contributed by atoms with Crippen molar-refractivity contribution in [3.63, 3.8) is 0 Å². The predicted octanol–water partition coefficient (Wildman–Crippen LogP) is 1.71. The van der Waals surface area contributed by atoms with Crippen LogP contribution in [0.2, 0.25) is 0 Å². The number of aromatic nitrogens is 3. The summed E-state index contributed by atoms with van der Waals surface area (Å²) >= 11 is 1.49. The van der Waals surface area contributed by atoms with Crippen LogP contribution >= 0.6 is 11.8 Å². The number of nitrogens with one attached hydrogen (secondary N) is 1. The first-order valence-corrected chi connectivity index (χ1v) is 7.38. The van der Waals surface area contributed by atoms with Gasteiger partial charge in [0.1, 0.15) is 0 Å². The highest BCUT2D eigenvalue weighted by Crippen LogP contribution is 2.11. The second-order valence-corrected chi connectivity index (χ2v) is 5.15. The second-order valence-electron chi connectivity index (χ2n) is 4.09. The molecule has 0 fully saturated rings.